The molecule has 5 nitrogen and oxygen atoms in total. The van der Waals surface area contributed by atoms with Crippen LogP contribution in [-0.2, 0) is 19.5 Å². The maximum Gasteiger partial charge on any atom is 0.290 e. The lowest BCUT2D eigenvalue weighted by Gasteiger charge is -2.22. The number of nitrogens with zero attached hydrogens (tertiary/aromatic N) is 2. The molecule has 1 aromatic carbocycles. The lowest BCUT2D eigenvalue weighted by Crippen LogP contribution is -2.30. The van der Waals surface area contributed by atoms with E-state index in [0.29, 0.717) is 52.9 Å². The molecule has 0 unspecified atom stereocenters. The van der Waals surface area contributed by atoms with E-state index in [-0.39, 0.29) is 17.5 Å². The molecule has 0 radical (unpaired) electrons. The molecule has 0 N–H and O–H groups in total. The zero-order chi connectivity index (χ0) is 21.3. The summed E-state index contributed by atoms with van der Waals surface area (Å²) in [6.45, 7) is 2.36. The number of carbonyl (C=O) groups is 2. The number of rotatable bonds is 5. The molecule has 0 aliphatic heterocycles. The maximum absolute atomic E-state index is 13.5. The second-order valence-corrected chi connectivity index (χ2v) is 8.18. The normalized spacial score (nSPS) is 13.2. The van der Waals surface area contributed by atoms with Crippen molar-refractivity contribution < 1.29 is 14.0 Å². The Morgan fingerprint density at radius 1 is 1.13 bits per heavy atom. The largest absolute Gasteiger partial charge is 0.455 e. The fraction of sp³-hybridized carbons (Fsp3) is 0.261. The zero-order valence-corrected chi connectivity index (χ0v) is 18.0. The van der Waals surface area contributed by atoms with Gasteiger partial charge >= 0.3 is 0 Å². The van der Waals surface area contributed by atoms with Gasteiger partial charge in [-0.05, 0) is 43.2 Å². The van der Waals surface area contributed by atoms with Gasteiger partial charge in [-0.15, -0.1) is 0 Å². The number of ketones is 1. The van der Waals surface area contributed by atoms with Crippen molar-refractivity contribution in [3.8, 4) is 0 Å². The van der Waals surface area contributed by atoms with E-state index >= 15 is 0 Å². The van der Waals surface area contributed by atoms with Crippen LogP contribution in [0.3, 0.4) is 0 Å². The van der Waals surface area contributed by atoms with E-state index in [4.69, 9.17) is 27.6 Å². The minimum Gasteiger partial charge on any atom is -0.455 e. The third-order valence-electron chi connectivity index (χ3n) is 5.22. The first-order chi connectivity index (χ1) is 14.4. The summed E-state index contributed by atoms with van der Waals surface area (Å²) in [5.41, 5.74) is 2.76. The van der Waals surface area contributed by atoms with Gasteiger partial charge in [0, 0.05) is 31.1 Å². The molecule has 1 amide bonds. The van der Waals surface area contributed by atoms with Crippen LogP contribution in [-0.4, -0.2) is 21.6 Å². The van der Waals surface area contributed by atoms with Crippen molar-refractivity contribution in [3.63, 3.8) is 0 Å². The smallest absolute Gasteiger partial charge is 0.290 e. The molecule has 0 saturated carbocycles. The molecule has 7 heteroatoms. The van der Waals surface area contributed by atoms with Crippen LogP contribution in [0, 0.1) is 6.92 Å². The molecular formula is C23H20Cl2N2O3. The number of aromatic nitrogens is 1. The molecule has 1 aliphatic carbocycles. The van der Waals surface area contributed by atoms with Crippen LogP contribution in [0.15, 0.2) is 47.0 Å². The SMILES string of the molecule is Cc1c(C(=O)N(Cc2ccc(Cl)c(Cl)c2)Cc2ccccn2)oc2c1C(=O)CCC2. The van der Waals surface area contributed by atoms with Gasteiger partial charge in [-0.2, -0.15) is 0 Å². The highest BCUT2D eigenvalue weighted by Gasteiger charge is 2.31. The fourth-order valence-corrected chi connectivity index (χ4v) is 4.06. The van der Waals surface area contributed by atoms with E-state index in [2.05, 4.69) is 4.98 Å². The molecule has 1 aliphatic rings. The summed E-state index contributed by atoms with van der Waals surface area (Å²) >= 11 is 12.2. The van der Waals surface area contributed by atoms with Crippen molar-refractivity contribution in [1.29, 1.82) is 0 Å². The third-order valence-corrected chi connectivity index (χ3v) is 5.96. The molecule has 4 rings (SSSR count). The first kappa shape index (κ1) is 20.6. The van der Waals surface area contributed by atoms with Gasteiger partial charge in [0.15, 0.2) is 11.5 Å². The Labute approximate surface area is 184 Å². The minimum absolute atomic E-state index is 0.0392. The summed E-state index contributed by atoms with van der Waals surface area (Å²) < 4.78 is 5.89. The van der Waals surface area contributed by atoms with E-state index in [9.17, 15) is 9.59 Å². The van der Waals surface area contributed by atoms with Gasteiger partial charge in [0.2, 0.25) is 0 Å². The fourth-order valence-electron chi connectivity index (χ4n) is 3.74. The summed E-state index contributed by atoms with van der Waals surface area (Å²) in [6.07, 6.45) is 3.59. The molecule has 0 saturated heterocycles. The van der Waals surface area contributed by atoms with Gasteiger partial charge < -0.3 is 9.32 Å². The maximum atomic E-state index is 13.5. The number of fused-ring (bicyclic) bond motifs is 1. The summed E-state index contributed by atoms with van der Waals surface area (Å²) in [7, 11) is 0. The number of halogens is 2. The Balaban J connectivity index is 1.69. The predicted octanol–water partition coefficient (Wildman–Crippen LogP) is 5.65. The van der Waals surface area contributed by atoms with Crippen molar-refractivity contribution >= 4 is 34.9 Å². The van der Waals surface area contributed by atoms with Gasteiger partial charge in [0.25, 0.3) is 5.91 Å². The first-order valence-electron chi connectivity index (χ1n) is 9.72. The predicted molar refractivity (Wildman–Crippen MR) is 115 cm³/mol. The Morgan fingerprint density at radius 3 is 2.67 bits per heavy atom. The highest BCUT2D eigenvalue weighted by atomic mass is 35.5. The van der Waals surface area contributed by atoms with Crippen LogP contribution in [0.5, 0.6) is 0 Å². The van der Waals surface area contributed by atoms with Crippen molar-refractivity contribution in [1.82, 2.24) is 9.88 Å². The molecule has 0 fully saturated rings. The number of hydrogen-bond acceptors (Lipinski definition) is 4. The highest BCUT2D eigenvalue weighted by molar-refractivity contribution is 6.42. The average Bonchev–Trinajstić information content (AvgIpc) is 3.08. The molecule has 154 valence electrons. The first-order valence-corrected chi connectivity index (χ1v) is 10.5. The second-order valence-electron chi connectivity index (χ2n) is 7.36. The number of carbonyl (C=O) groups excluding carboxylic acids is 2. The Morgan fingerprint density at radius 2 is 1.97 bits per heavy atom. The number of aryl methyl sites for hydroxylation is 1. The number of pyridine rings is 1. The standard InChI is InChI=1S/C23H20Cl2N2O3/c1-14-21-19(28)6-4-7-20(21)30-22(14)23(29)27(13-16-5-2-3-10-26-16)12-15-8-9-17(24)18(25)11-15/h2-3,5,8-11H,4,6-7,12-13H2,1H3. The number of benzene rings is 1. The topological polar surface area (TPSA) is 63.4 Å². The Kier molecular flexibility index (Phi) is 5.93. The monoisotopic (exact) mass is 442 g/mol. The van der Waals surface area contributed by atoms with Gasteiger partial charge in [0.1, 0.15) is 5.76 Å². The van der Waals surface area contributed by atoms with Crippen LogP contribution < -0.4 is 0 Å². The molecule has 2 heterocycles. The second kappa shape index (κ2) is 8.62. The molecule has 2 aromatic heterocycles. The van der Waals surface area contributed by atoms with E-state index in [1.807, 2.05) is 24.3 Å². The van der Waals surface area contributed by atoms with Gasteiger partial charge in [-0.3, -0.25) is 14.6 Å². The van der Waals surface area contributed by atoms with E-state index in [0.717, 1.165) is 17.7 Å². The Bertz CT molecular complexity index is 1110. The summed E-state index contributed by atoms with van der Waals surface area (Å²) in [5.74, 6) is 0.578. The van der Waals surface area contributed by atoms with Gasteiger partial charge in [-0.25, -0.2) is 0 Å². The van der Waals surface area contributed by atoms with E-state index in [1.54, 1.807) is 30.2 Å². The average molecular weight is 443 g/mol. The van der Waals surface area contributed by atoms with Crippen LogP contribution >= 0.6 is 23.2 Å². The van der Waals surface area contributed by atoms with Crippen molar-refractivity contribution in [2.45, 2.75) is 39.3 Å². The lowest BCUT2D eigenvalue weighted by atomic mass is 9.94. The van der Waals surface area contributed by atoms with Crippen molar-refractivity contribution in [2.75, 3.05) is 0 Å². The Hall–Kier alpha value is -2.63. The van der Waals surface area contributed by atoms with Crippen LogP contribution in [0.1, 0.15) is 56.3 Å². The molecule has 0 atom stereocenters. The minimum atomic E-state index is -0.286. The van der Waals surface area contributed by atoms with Crippen LogP contribution in [0.2, 0.25) is 10.0 Å². The number of Topliss-reactive ketones (excluding diaryl/α,β-unsaturated/α-hetero) is 1. The highest BCUT2D eigenvalue weighted by Crippen LogP contribution is 2.31. The van der Waals surface area contributed by atoms with Crippen molar-refractivity contribution in [3.05, 3.63) is 86.5 Å². The molecule has 0 spiro atoms. The summed E-state index contributed by atoms with van der Waals surface area (Å²) in [5, 5.41) is 0.880. The van der Waals surface area contributed by atoms with Crippen LogP contribution in [0.4, 0.5) is 0 Å². The number of hydrogen-bond donors (Lipinski definition) is 0. The van der Waals surface area contributed by atoms with E-state index < -0.39 is 0 Å². The van der Waals surface area contributed by atoms with Crippen LogP contribution in [0.25, 0.3) is 0 Å². The van der Waals surface area contributed by atoms with Crippen molar-refractivity contribution in [2.24, 2.45) is 0 Å². The number of furan rings is 1. The van der Waals surface area contributed by atoms with Gasteiger partial charge in [0.05, 0.1) is 27.8 Å². The molecular weight excluding hydrogens is 423 g/mol. The summed E-state index contributed by atoms with van der Waals surface area (Å²) in [6, 6.07) is 10.8. The van der Waals surface area contributed by atoms with E-state index in [1.165, 1.54) is 0 Å². The quantitative estimate of drug-likeness (QED) is 0.511. The van der Waals surface area contributed by atoms with Gasteiger partial charge in [-0.1, -0.05) is 35.3 Å². The lowest BCUT2D eigenvalue weighted by molar-refractivity contribution is 0.0692. The molecule has 30 heavy (non-hydrogen) atoms. The third kappa shape index (κ3) is 4.13. The molecule has 3 aromatic rings. The number of amides is 1. The molecule has 0 bridgehead atoms. The zero-order valence-electron chi connectivity index (χ0n) is 16.5. The summed E-state index contributed by atoms with van der Waals surface area (Å²) in [4.78, 5) is 31.8.